The van der Waals surface area contributed by atoms with Gasteiger partial charge in [-0.1, -0.05) is 12.1 Å². The summed E-state index contributed by atoms with van der Waals surface area (Å²) >= 11 is 0. The predicted octanol–water partition coefficient (Wildman–Crippen LogP) is 4.17. The van der Waals surface area contributed by atoms with Crippen LogP contribution in [0.4, 0.5) is 10.2 Å². The van der Waals surface area contributed by atoms with Crippen LogP contribution in [0.1, 0.15) is 40.7 Å². The van der Waals surface area contributed by atoms with E-state index in [9.17, 15) is 19.6 Å². The summed E-state index contributed by atoms with van der Waals surface area (Å²) in [6.45, 7) is 5.11. The van der Waals surface area contributed by atoms with Crippen LogP contribution in [-0.2, 0) is 24.4 Å². The van der Waals surface area contributed by atoms with Crippen molar-refractivity contribution < 1.29 is 28.5 Å². The van der Waals surface area contributed by atoms with Gasteiger partial charge in [0.05, 0.1) is 55.1 Å². The first kappa shape index (κ1) is 28.9. The van der Waals surface area contributed by atoms with Gasteiger partial charge in [0.25, 0.3) is 0 Å². The molecule has 0 bridgehead atoms. The van der Waals surface area contributed by atoms with Gasteiger partial charge in [0.2, 0.25) is 5.88 Å². The molecule has 0 aliphatic carbocycles. The van der Waals surface area contributed by atoms with E-state index in [0.29, 0.717) is 73.7 Å². The van der Waals surface area contributed by atoms with Gasteiger partial charge in [-0.3, -0.25) is 5.01 Å². The van der Waals surface area contributed by atoms with Crippen LogP contribution >= 0.6 is 0 Å². The molecule has 0 amide bonds. The number of benzene rings is 2. The van der Waals surface area contributed by atoms with E-state index in [-0.39, 0.29) is 23.8 Å². The van der Waals surface area contributed by atoms with Crippen LogP contribution < -0.4 is 14.4 Å². The topological polar surface area (TPSA) is 138 Å². The zero-order chi connectivity index (χ0) is 30.6. The molecule has 1 saturated heterocycles. The van der Waals surface area contributed by atoms with Gasteiger partial charge in [-0.2, -0.15) is 15.3 Å². The number of carbonyl (C=O) groups is 1. The molecule has 1 fully saturated rings. The summed E-state index contributed by atoms with van der Waals surface area (Å²) in [6, 6.07) is 15.3. The van der Waals surface area contributed by atoms with Crippen molar-refractivity contribution in [3.05, 3.63) is 76.9 Å². The van der Waals surface area contributed by atoms with Crippen molar-refractivity contribution in [2.45, 2.75) is 39.1 Å². The lowest BCUT2D eigenvalue weighted by Gasteiger charge is -2.30. The summed E-state index contributed by atoms with van der Waals surface area (Å²) in [5.41, 5.74) is 1.74. The summed E-state index contributed by atoms with van der Waals surface area (Å²) in [5, 5.41) is 25.1. The molecule has 12 nitrogen and oxygen atoms in total. The van der Waals surface area contributed by atoms with E-state index in [1.165, 1.54) is 6.07 Å². The normalized spacial score (nSPS) is 16.1. The number of carboxylic acid groups (broad SMARTS) is 1. The van der Waals surface area contributed by atoms with Crippen LogP contribution in [0.5, 0.6) is 11.6 Å². The van der Waals surface area contributed by atoms with Gasteiger partial charge in [-0.15, -0.1) is 0 Å². The smallest absolute Gasteiger partial charge is 0.335 e. The lowest BCUT2D eigenvalue weighted by atomic mass is 10.1. The van der Waals surface area contributed by atoms with Crippen LogP contribution in [0.15, 0.2) is 53.6 Å². The fraction of sp³-hybridized carbons (Fsp3) is 0.323. The number of ether oxygens (including phenoxy) is 3. The number of halogens is 1. The number of hydrazone groups is 1. The minimum atomic E-state index is -1.20. The standard InChI is InChI=1S/C31H30FN7O5/c1-2-42-26-12-20(15-33)6-7-21(26)18-44-29-5-3-4-27(35-29)37-9-10-38(34-19-37)17-28-36-30-24(32)13-22(31(40)41)14-25(30)39(28)16-23-8-11-43-23/h3-7,12-14,19,23H,2,8-11,16-18H2,1H3,(H,40,41)/t23-/m0/s1. The molecule has 2 aliphatic rings. The summed E-state index contributed by atoms with van der Waals surface area (Å²) in [5.74, 6) is 0.390. The highest BCUT2D eigenvalue weighted by molar-refractivity contribution is 5.92. The average Bonchev–Trinajstić information content (AvgIpc) is 3.36. The SMILES string of the molecule is CCOc1cc(C#N)ccc1COc1cccc(N2C=NN(Cc3nc4c(F)cc(C(=O)O)cc4n3C[C@@H]3CCO3)CC2)n1. The number of nitriles is 1. The van der Waals surface area contributed by atoms with Gasteiger partial charge in [-0.05, 0) is 43.7 Å². The molecule has 0 unspecified atom stereocenters. The Balaban J connectivity index is 1.15. The molecule has 1 atom stereocenters. The van der Waals surface area contributed by atoms with Gasteiger partial charge in [0.15, 0.2) is 5.82 Å². The fourth-order valence-electron chi connectivity index (χ4n) is 5.07. The maximum Gasteiger partial charge on any atom is 0.335 e. The Morgan fingerprint density at radius 1 is 1.18 bits per heavy atom. The van der Waals surface area contributed by atoms with Gasteiger partial charge in [-0.25, -0.2) is 14.2 Å². The molecule has 0 radical (unpaired) electrons. The molecule has 226 valence electrons. The first-order valence-electron chi connectivity index (χ1n) is 14.3. The molecule has 6 rings (SSSR count). The zero-order valence-corrected chi connectivity index (χ0v) is 24.0. The first-order chi connectivity index (χ1) is 21.4. The molecular formula is C31H30FN7O5. The maximum absolute atomic E-state index is 14.9. The van der Waals surface area contributed by atoms with E-state index in [1.807, 2.05) is 39.6 Å². The summed E-state index contributed by atoms with van der Waals surface area (Å²) in [4.78, 5) is 22.6. The Morgan fingerprint density at radius 3 is 2.75 bits per heavy atom. The quantitative estimate of drug-likeness (QED) is 0.267. The number of hydrogen-bond acceptors (Lipinski definition) is 10. The van der Waals surface area contributed by atoms with Crippen molar-refractivity contribution >= 4 is 29.2 Å². The number of aromatic nitrogens is 3. The van der Waals surface area contributed by atoms with Crippen LogP contribution in [0, 0.1) is 17.1 Å². The number of imidazole rings is 1. The number of rotatable bonds is 11. The first-order valence-corrected chi connectivity index (χ1v) is 14.3. The third-order valence-corrected chi connectivity index (χ3v) is 7.47. The van der Waals surface area contributed by atoms with E-state index in [4.69, 9.17) is 14.2 Å². The fourth-order valence-corrected chi connectivity index (χ4v) is 5.07. The van der Waals surface area contributed by atoms with E-state index in [1.54, 1.807) is 24.5 Å². The van der Waals surface area contributed by atoms with Gasteiger partial charge in [0.1, 0.15) is 35.9 Å². The van der Waals surface area contributed by atoms with E-state index < -0.39 is 11.8 Å². The van der Waals surface area contributed by atoms with E-state index in [0.717, 1.165) is 18.1 Å². The molecular weight excluding hydrogens is 569 g/mol. The monoisotopic (exact) mass is 599 g/mol. The van der Waals surface area contributed by atoms with E-state index >= 15 is 0 Å². The van der Waals surface area contributed by atoms with Gasteiger partial charge in [0, 0.05) is 24.8 Å². The van der Waals surface area contributed by atoms with Gasteiger partial charge >= 0.3 is 5.97 Å². The Hall–Kier alpha value is -5.22. The summed E-state index contributed by atoms with van der Waals surface area (Å²) < 4.78 is 33.9. The molecule has 2 aromatic heterocycles. The number of fused-ring (bicyclic) bond motifs is 1. The highest BCUT2D eigenvalue weighted by atomic mass is 19.1. The number of aromatic carboxylic acids is 1. The highest BCUT2D eigenvalue weighted by Gasteiger charge is 2.25. The van der Waals surface area contributed by atoms with Crippen LogP contribution in [0.25, 0.3) is 11.0 Å². The lowest BCUT2D eigenvalue weighted by Crippen LogP contribution is -2.38. The van der Waals surface area contributed by atoms with Crippen molar-refractivity contribution in [1.82, 2.24) is 19.5 Å². The van der Waals surface area contributed by atoms with Crippen molar-refractivity contribution in [2.75, 3.05) is 31.2 Å². The Labute approximate surface area is 252 Å². The second-order valence-electron chi connectivity index (χ2n) is 10.4. The summed E-state index contributed by atoms with van der Waals surface area (Å²) in [6.07, 6.45) is 2.51. The Kier molecular flexibility index (Phi) is 8.25. The van der Waals surface area contributed by atoms with Crippen molar-refractivity contribution in [2.24, 2.45) is 5.10 Å². The second-order valence-corrected chi connectivity index (χ2v) is 10.4. The second kappa shape index (κ2) is 12.6. The third kappa shape index (κ3) is 6.11. The number of anilines is 1. The van der Waals surface area contributed by atoms with Crippen LogP contribution in [-0.4, -0.2) is 69.4 Å². The van der Waals surface area contributed by atoms with Gasteiger partial charge < -0.3 is 28.8 Å². The largest absolute Gasteiger partial charge is 0.493 e. The number of nitrogens with zero attached hydrogens (tertiary/aromatic N) is 7. The summed E-state index contributed by atoms with van der Waals surface area (Å²) in [7, 11) is 0. The predicted molar refractivity (Wildman–Crippen MR) is 158 cm³/mol. The van der Waals surface area contributed by atoms with Crippen LogP contribution in [0.3, 0.4) is 0 Å². The molecule has 2 aliphatic heterocycles. The average molecular weight is 600 g/mol. The Bertz CT molecular complexity index is 1760. The minimum Gasteiger partial charge on any atom is -0.493 e. The number of carboxylic acids is 1. The van der Waals surface area contributed by atoms with E-state index in [2.05, 4.69) is 21.1 Å². The highest BCUT2D eigenvalue weighted by Crippen LogP contribution is 2.27. The molecule has 2 aromatic carbocycles. The molecule has 0 saturated carbocycles. The molecule has 4 heterocycles. The molecule has 1 N–H and O–H groups in total. The number of pyridine rings is 1. The van der Waals surface area contributed by atoms with Crippen molar-refractivity contribution in [3.63, 3.8) is 0 Å². The Morgan fingerprint density at radius 2 is 2.05 bits per heavy atom. The molecule has 44 heavy (non-hydrogen) atoms. The third-order valence-electron chi connectivity index (χ3n) is 7.47. The number of hydrogen-bond donors (Lipinski definition) is 1. The zero-order valence-electron chi connectivity index (χ0n) is 24.0. The maximum atomic E-state index is 14.9. The molecule has 13 heteroatoms. The minimum absolute atomic E-state index is 0.0358. The molecule has 0 spiro atoms. The van der Waals surface area contributed by atoms with Crippen molar-refractivity contribution in [1.29, 1.82) is 5.26 Å². The lowest BCUT2D eigenvalue weighted by molar-refractivity contribution is -0.0592. The van der Waals surface area contributed by atoms with Crippen LogP contribution in [0.2, 0.25) is 0 Å². The van der Waals surface area contributed by atoms with Crippen molar-refractivity contribution in [3.8, 4) is 17.7 Å². The molecule has 4 aromatic rings.